The third-order valence-electron chi connectivity index (χ3n) is 6.20. The average Bonchev–Trinajstić information content (AvgIpc) is 3.27. The number of rotatable bonds is 6. The number of hydrogen-bond donors (Lipinski definition) is 0. The van der Waals surface area contributed by atoms with Crippen molar-refractivity contribution in [1.82, 2.24) is 14.1 Å². The van der Waals surface area contributed by atoms with Crippen molar-refractivity contribution in [1.29, 1.82) is 0 Å². The summed E-state index contributed by atoms with van der Waals surface area (Å²) in [4.78, 5) is 4.59. The summed E-state index contributed by atoms with van der Waals surface area (Å²) in [6, 6.07) is 22.0. The van der Waals surface area contributed by atoms with E-state index in [0.29, 0.717) is 0 Å². The third kappa shape index (κ3) is 3.21. The Morgan fingerprint density at radius 1 is 0.690 bits per heavy atom. The van der Waals surface area contributed by atoms with Crippen molar-refractivity contribution < 1.29 is 0 Å². The van der Waals surface area contributed by atoms with Crippen molar-refractivity contribution in [2.24, 2.45) is 0 Å². The zero-order valence-electron chi connectivity index (χ0n) is 17.2. The minimum absolute atomic E-state index is 1.03. The Balaban J connectivity index is 1.27. The second kappa shape index (κ2) is 7.40. The molecule has 29 heavy (non-hydrogen) atoms. The summed E-state index contributed by atoms with van der Waals surface area (Å²) in [6.45, 7) is 6.43. The van der Waals surface area contributed by atoms with Crippen LogP contribution >= 0.6 is 0 Å². The molecule has 5 rings (SSSR count). The first-order valence-electron chi connectivity index (χ1n) is 10.6. The van der Waals surface area contributed by atoms with Gasteiger partial charge in [-0.25, -0.2) is 4.98 Å². The van der Waals surface area contributed by atoms with Gasteiger partial charge in [0.25, 0.3) is 0 Å². The zero-order valence-corrected chi connectivity index (χ0v) is 17.2. The molecule has 0 radical (unpaired) electrons. The number of benzene rings is 3. The molecule has 0 saturated carbocycles. The van der Waals surface area contributed by atoms with Gasteiger partial charge in [-0.15, -0.1) is 0 Å². The summed E-state index contributed by atoms with van der Waals surface area (Å²) >= 11 is 0. The standard InChI is InChI=1S/C26H27N3/c1-19-16-23-26(17-20(19)2)28(18-27-23)14-8-3-9-15-29-24-12-6-4-10-21(24)22-11-5-7-13-25(22)29/h4-7,10-13,16-18H,3,8-9,14-15H2,1-2H3. The van der Waals surface area contributed by atoms with Crippen LogP contribution in [0.4, 0.5) is 0 Å². The number of nitrogens with zero attached hydrogens (tertiary/aromatic N) is 3. The number of imidazole rings is 1. The van der Waals surface area contributed by atoms with Crippen LogP contribution in [-0.4, -0.2) is 14.1 Å². The van der Waals surface area contributed by atoms with E-state index in [4.69, 9.17) is 0 Å². The van der Waals surface area contributed by atoms with Crippen LogP contribution in [0.15, 0.2) is 67.0 Å². The van der Waals surface area contributed by atoms with Gasteiger partial charge < -0.3 is 9.13 Å². The molecule has 146 valence electrons. The largest absolute Gasteiger partial charge is 0.340 e. The van der Waals surface area contributed by atoms with E-state index in [9.17, 15) is 0 Å². The van der Waals surface area contributed by atoms with Crippen molar-refractivity contribution in [2.75, 3.05) is 0 Å². The summed E-state index contributed by atoms with van der Waals surface area (Å²) in [7, 11) is 0. The average molecular weight is 382 g/mol. The molecular weight excluding hydrogens is 354 g/mol. The maximum atomic E-state index is 4.59. The lowest BCUT2D eigenvalue weighted by Crippen LogP contribution is -2.00. The van der Waals surface area contributed by atoms with Crippen LogP contribution in [0.25, 0.3) is 32.8 Å². The molecule has 0 N–H and O–H groups in total. The maximum Gasteiger partial charge on any atom is 0.0958 e. The molecular formula is C26H27N3. The van der Waals surface area contributed by atoms with Gasteiger partial charge in [0.1, 0.15) is 0 Å². The SMILES string of the molecule is Cc1cc2ncn(CCCCCn3c4ccccc4c4ccccc43)c2cc1C. The smallest absolute Gasteiger partial charge is 0.0958 e. The number of aromatic nitrogens is 3. The number of para-hydroxylation sites is 2. The van der Waals surface area contributed by atoms with E-state index in [1.165, 1.54) is 57.7 Å². The Labute approximate surface area is 171 Å². The van der Waals surface area contributed by atoms with Crippen molar-refractivity contribution in [3.63, 3.8) is 0 Å². The molecule has 2 heterocycles. The number of aryl methyl sites for hydroxylation is 4. The first-order chi connectivity index (χ1) is 14.2. The van der Waals surface area contributed by atoms with Crippen LogP contribution in [0.5, 0.6) is 0 Å². The van der Waals surface area contributed by atoms with Gasteiger partial charge in [-0.05, 0) is 68.5 Å². The Morgan fingerprint density at radius 2 is 1.31 bits per heavy atom. The van der Waals surface area contributed by atoms with Gasteiger partial charge in [-0.1, -0.05) is 36.4 Å². The van der Waals surface area contributed by atoms with Gasteiger partial charge in [0.2, 0.25) is 0 Å². The first-order valence-corrected chi connectivity index (χ1v) is 10.6. The summed E-state index contributed by atoms with van der Waals surface area (Å²) < 4.78 is 4.80. The van der Waals surface area contributed by atoms with Crippen LogP contribution in [0.3, 0.4) is 0 Å². The Kier molecular flexibility index (Phi) is 4.59. The normalized spacial score (nSPS) is 11.8. The summed E-state index contributed by atoms with van der Waals surface area (Å²) in [6.07, 6.45) is 5.57. The maximum absolute atomic E-state index is 4.59. The molecule has 3 nitrogen and oxygen atoms in total. The molecule has 3 aromatic carbocycles. The van der Waals surface area contributed by atoms with Gasteiger partial charge in [-0.2, -0.15) is 0 Å². The van der Waals surface area contributed by atoms with E-state index in [0.717, 1.165) is 18.6 Å². The van der Waals surface area contributed by atoms with E-state index in [2.05, 4.69) is 88.6 Å². The number of unbranched alkanes of at least 4 members (excludes halogenated alkanes) is 2. The van der Waals surface area contributed by atoms with Crippen LogP contribution in [-0.2, 0) is 13.1 Å². The molecule has 0 aliphatic rings. The van der Waals surface area contributed by atoms with Crippen LogP contribution in [0.2, 0.25) is 0 Å². The minimum Gasteiger partial charge on any atom is -0.340 e. The lowest BCUT2D eigenvalue weighted by molar-refractivity contribution is 0.562. The lowest BCUT2D eigenvalue weighted by atomic mass is 10.1. The predicted octanol–water partition coefficient (Wildman–Crippen LogP) is 6.63. The highest BCUT2D eigenvalue weighted by Gasteiger charge is 2.09. The molecule has 0 bridgehead atoms. The minimum atomic E-state index is 1.03. The van der Waals surface area contributed by atoms with Crippen molar-refractivity contribution in [2.45, 2.75) is 46.2 Å². The predicted molar refractivity (Wildman–Crippen MR) is 123 cm³/mol. The number of fused-ring (bicyclic) bond motifs is 4. The first kappa shape index (κ1) is 18.0. The van der Waals surface area contributed by atoms with E-state index in [1.807, 2.05) is 6.33 Å². The highest BCUT2D eigenvalue weighted by atomic mass is 15.0. The highest BCUT2D eigenvalue weighted by Crippen LogP contribution is 2.29. The van der Waals surface area contributed by atoms with Crippen molar-refractivity contribution in [3.8, 4) is 0 Å². The van der Waals surface area contributed by atoms with E-state index >= 15 is 0 Å². The molecule has 0 aliphatic heterocycles. The molecule has 0 fully saturated rings. The molecule has 0 saturated heterocycles. The summed E-state index contributed by atoms with van der Waals surface area (Å²) in [5.74, 6) is 0. The lowest BCUT2D eigenvalue weighted by Gasteiger charge is -2.09. The molecule has 0 unspecified atom stereocenters. The van der Waals surface area contributed by atoms with Crippen molar-refractivity contribution in [3.05, 3.63) is 78.1 Å². The fourth-order valence-electron chi connectivity index (χ4n) is 4.46. The van der Waals surface area contributed by atoms with Gasteiger partial charge in [0.05, 0.1) is 17.4 Å². The van der Waals surface area contributed by atoms with Crippen molar-refractivity contribution >= 4 is 32.8 Å². The summed E-state index contributed by atoms with van der Waals surface area (Å²) in [5, 5.41) is 2.72. The zero-order chi connectivity index (χ0) is 19.8. The molecule has 0 atom stereocenters. The Hall–Kier alpha value is -3.07. The monoisotopic (exact) mass is 381 g/mol. The molecule has 3 heteroatoms. The van der Waals surface area contributed by atoms with Gasteiger partial charge >= 0.3 is 0 Å². The Bertz CT molecular complexity index is 1250. The molecule has 2 aromatic heterocycles. The molecule has 0 aliphatic carbocycles. The second-order valence-corrected chi connectivity index (χ2v) is 8.11. The van der Waals surface area contributed by atoms with Crippen LogP contribution in [0, 0.1) is 13.8 Å². The molecule has 0 spiro atoms. The quantitative estimate of drug-likeness (QED) is 0.303. The molecule has 0 amide bonds. The third-order valence-corrected chi connectivity index (χ3v) is 6.20. The fraction of sp³-hybridized carbons (Fsp3) is 0.269. The number of hydrogen-bond acceptors (Lipinski definition) is 1. The van der Waals surface area contributed by atoms with Crippen LogP contribution in [0.1, 0.15) is 30.4 Å². The fourth-order valence-corrected chi connectivity index (χ4v) is 4.46. The van der Waals surface area contributed by atoms with E-state index in [1.54, 1.807) is 0 Å². The van der Waals surface area contributed by atoms with E-state index < -0.39 is 0 Å². The second-order valence-electron chi connectivity index (χ2n) is 8.11. The molecule has 5 aromatic rings. The van der Waals surface area contributed by atoms with Crippen LogP contribution < -0.4 is 0 Å². The van der Waals surface area contributed by atoms with Gasteiger partial charge in [0, 0.05) is 34.9 Å². The van der Waals surface area contributed by atoms with Gasteiger partial charge in [0.15, 0.2) is 0 Å². The summed E-state index contributed by atoms with van der Waals surface area (Å²) in [5.41, 5.74) is 7.72. The Morgan fingerprint density at radius 3 is 2.03 bits per heavy atom. The van der Waals surface area contributed by atoms with Gasteiger partial charge in [-0.3, -0.25) is 0 Å². The highest BCUT2D eigenvalue weighted by molar-refractivity contribution is 6.07. The van der Waals surface area contributed by atoms with E-state index in [-0.39, 0.29) is 0 Å². The topological polar surface area (TPSA) is 22.8 Å².